The maximum absolute atomic E-state index is 5.42. The van der Waals surface area contributed by atoms with Gasteiger partial charge in [-0.2, -0.15) is 0 Å². The van der Waals surface area contributed by atoms with Gasteiger partial charge < -0.3 is 19.7 Å². The summed E-state index contributed by atoms with van der Waals surface area (Å²) in [5.74, 6) is 0. The number of hydrogen-bond donors (Lipinski definition) is 1. The highest BCUT2D eigenvalue weighted by molar-refractivity contribution is 4.84. The molecule has 2 aliphatic rings. The first-order valence-corrected chi connectivity index (χ1v) is 7.64. The van der Waals surface area contributed by atoms with Crippen LogP contribution in [0, 0.1) is 0 Å². The molecule has 2 rings (SSSR count). The van der Waals surface area contributed by atoms with Crippen molar-refractivity contribution in [2.75, 3.05) is 72.7 Å². The van der Waals surface area contributed by atoms with Crippen molar-refractivity contribution in [1.82, 2.24) is 15.1 Å². The number of nitrogens with zero attached hydrogens (tertiary/aromatic N) is 2. The van der Waals surface area contributed by atoms with Gasteiger partial charge in [0, 0.05) is 52.5 Å². The molecule has 0 amide bonds. The molecule has 5 nitrogen and oxygen atoms in total. The van der Waals surface area contributed by atoms with E-state index in [1.165, 1.54) is 26.1 Å². The second-order valence-corrected chi connectivity index (χ2v) is 5.49. The number of likely N-dealkylation sites (tertiary alicyclic amines) is 1. The van der Waals surface area contributed by atoms with Gasteiger partial charge in [0.15, 0.2) is 0 Å². The minimum atomic E-state index is 0.761. The lowest BCUT2D eigenvalue weighted by atomic mass is 10.2. The smallest absolute Gasteiger partial charge is 0.0594 e. The van der Waals surface area contributed by atoms with Crippen LogP contribution in [0.3, 0.4) is 0 Å². The van der Waals surface area contributed by atoms with Crippen molar-refractivity contribution in [1.29, 1.82) is 0 Å². The fourth-order valence-corrected chi connectivity index (χ4v) is 2.96. The highest BCUT2D eigenvalue weighted by Gasteiger charge is 2.28. The van der Waals surface area contributed by atoms with Crippen LogP contribution in [0.15, 0.2) is 0 Å². The monoisotopic (exact) mass is 271 g/mol. The second-order valence-electron chi connectivity index (χ2n) is 5.49. The fraction of sp³-hybridized carbons (Fsp3) is 1.00. The summed E-state index contributed by atoms with van der Waals surface area (Å²) < 4.78 is 10.5. The van der Waals surface area contributed by atoms with Gasteiger partial charge in [-0.25, -0.2) is 0 Å². The van der Waals surface area contributed by atoms with Gasteiger partial charge in [-0.15, -0.1) is 0 Å². The highest BCUT2D eigenvalue weighted by Crippen LogP contribution is 2.16. The van der Waals surface area contributed by atoms with E-state index in [9.17, 15) is 0 Å². The molecule has 0 aromatic rings. The normalized spacial score (nSPS) is 26.1. The van der Waals surface area contributed by atoms with E-state index < -0.39 is 0 Å². The average molecular weight is 271 g/mol. The molecule has 2 saturated heterocycles. The molecule has 0 aliphatic carbocycles. The SMILES string of the molecule is COCCCNCCN1CCC(N2CCOCC2)C1. The van der Waals surface area contributed by atoms with Gasteiger partial charge in [0.1, 0.15) is 0 Å². The molecule has 2 fully saturated rings. The van der Waals surface area contributed by atoms with Crippen molar-refractivity contribution in [3.63, 3.8) is 0 Å². The fourth-order valence-electron chi connectivity index (χ4n) is 2.96. The number of nitrogens with one attached hydrogen (secondary N) is 1. The minimum Gasteiger partial charge on any atom is -0.385 e. The summed E-state index contributed by atoms with van der Waals surface area (Å²) in [6.07, 6.45) is 2.43. The van der Waals surface area contributed by atoms with Gasteiger partial charge >= 0.3 is 0 Å². The number of hydrogen-bond acceptors (Lipinski definition) is 5. The summed E-state index contributed by atoms with van der Waals surface area (Å²) >= 11 is 0. The molecule has 0 radical (unpaired) electrons. The van der Waals surface area contributed by atoms with Crippen molar-refractivity contribution in [3.8, 4) is 0 Å². The van der Waals surface area contributed by atoms with E-state index in [1.54, 1.807) is 7.11 Å². The number of ether oxygens (including phenoxy) is 2. The van der Waals surface area contributed by atoms with E-state index in [1.807, 2.05) is 0 Å². The number of morpholine rings is 1. The summed E-state index contributed by atoms with van der Waals surface area (Å²) in [4.78, 5) is 5.19. The molecule has 1 atom stereocenters. The van der Waals surface area contributed by atoms with E-state index >= 15 is 0 Å². The first kappa shape index (κ1) is 15.2. The molecule has 0 bridgehead atoms. The summed E-state index contributed by atoms with van der Waals surface area (Å²) in [6.45, 7) is 10.7. The molecule has 0 saturated carbocycles. The van der Waals surface area contributed by atoms with E-state index in [4.69, 9.17) is 9.47 Å². The van der Waals surface area contributed by atoms with Crippen LogP contribution in [-0.2, 0) is 9.47 Å². The molecule has 1 unspecified atom stereocenters. The molecular formula is C14H29N3O2. The molecular weight excluding hydrogens is 242 g/mol. The van der Waals surface area contributed by atoms with Crippen molar-refractivity contribution >= 4 is 0 Å². The maximum Gasteiger partial charge on any atom is 0.0594 e. The van der Waals surface area contributed by atoms with Crippen molar-refractivity contribution < 1.29 is 9.47 Å². The zero-order valence-electron chi connectivity index (χ0n) is 12.3. The van der Waals surface area contributed by atoms with Gasteiger partial charge in [0.2, 0.25) is 0 Å². The molecule has 5 heteroatoms. The third-order valence-electron chi connectivity index (χ3n) is 4.12. The van der Waals surface area contributed by atoms with Crippen LogP contribution in [0.25, 0.3) is 0 Å². The Labute approximate surface area is 117 Å². The van der Waals surface area contributed by atoms with Gasteiger partial charge in [-0.3, -0.25) is 4.90 Å². The Morgan fingerprint density at radius 3 is 2.84 bits per heavy atom. The van der Waals surface area contributed by atoms with E-state index in [0.29, 0.717) is 0 Å². The van der Waals surface area contributed by atoms with Gasteiger partial charge in [-0.05, 0) is 25.9 Å². The minimum absolute atomic E-state index is 0.761. The topological polar surface area (TPSA) is 37.0 Å². The Hall–Kier alpha value is -0.200. The third kappa shape index (κ3) is 5.36. The maximum atomic E-state index is 5.42. The average Bonchev–Trinajstić information content (AvgIpc) is 2.92. The summed E-state index contributed by atoms with van der Waals surface area (Å²) in [5, 5.41) is 3.49. The molecule has 2 heterocycles. The van der Waals surface area contributed by atoms with Gasteiger partial charge in [0.25, 0.3) is 0 Å². The Morgan fingerprint density at radius 2 is 2.05 bits per heavy atom. The lowest BCUT2D eigenvalue weighted by molar-refractivity contribution is 0.0185. The van der Waals surface area contributed by atoms with Crippen LogP contribution in [0.1, 0.15) is 12.8 Å². The highest BCUT2D eigenvalue weighted by atomic mass is 16.5. The van der Waals surface area contributed by atoms with E-state index in [0.717, 1.165) is 58.5 Å². The van der Waals surface area contributed by atoms with Crippen molar-refractivity contribution in [3.05, 3.63) is 0 Å². The van der Waals surface area contributed by atoms with Crippen LogP contribution >= 0.6 is 0 Å². The summed E-state index contributed by atoms with van der Waals surface area (Å²) in [5.41, 5.74) is 0. The van der Waals surface area contributed by atoms with Crippen LogP contribution in [-0.4, -0.2) is 88.6 Å². The van der Waals surface area contributed by atoms with Crippen molar-refractivity contribution in [2.45, 2.75) is 18.9 Å². The van der Waals surface area contributed by atoms with E-state index in [2.05, 4.69) is 15.1 Å². The van der Waals surface area contributed by atoms with Crippen LogP contribution in [0.4, 0.5) is 0 Å². The Kier molecular flexibility index (Phi) is 7.09. The standard InChI is InChI=1S/C14H29N3O2/c1-18-10-2-4-15-5-7-16-6-3-14(13-16)17-8-11-19-12-9-17/h14-15H,2-13H2,1H3. The van der Waals surface area contributed by atoms with Crippen molar-refractivity contribution in [2.24, 2.45) is 0 Å². The third-order valence-corrected chi connectivity index (χ3v) is 4.12. The molecule has 2 aliphatic heterocycles. The molecule has 19 heavy (non-hydrogen) atoms. The quantitative estimate of drug-likeness (QED) is 0.630. The summed E-state index contributed by atoms with van der Waals surface area (Å²) in [7, 11) is 1.76. The molecule has 112 valence electrons. The Bertz CT molecular complexity index is 235. The lowest BCUT2D eigenvalue weighted by Crippen LogP contribution is -2.45. The van der Waals surface area contributed by atoms with Gasteiger partial charge in [-0.1, -0.05) is 0 Å². The van der Waals surface area contributed by atoms with E-state index in [-0.39, 0.29) is 0 Å². The first-order valence-electron chi connectivity index (χ1n) is 7.64. The second kappa shape index (κ2) is 8.87. The molecule has 0 aromatic heterocycles. The van der Waals surface area contributed by atoms with Gasteiger partial charge in [0.05, 0.1) is 13.2 Å². The van der Waals surface area contributed by atoms with Crippen LogP contribution < -0.4 is 5.32 Å². The van der Waals surface area contributed by atoms with Crippen LogP contribution in [0.2, 0.25) is 0 Å². The zero-order chi connectivity index (χ0) is 13.3. The first-order chi connectivity index (χ1) is 9.40. The molecule has 1 N–H and O–H groups in total. The lowest BCUT2D eigenvalue weighted by Gasteiger charge is -2.32. The largest absolute Gasteiger partial charge is 0.385 e. The molecule has 0 spiro atoms. The number of methoxy groups -OCH3 is 1. The summed E-state index contributed by atoms with van der Waals surface area (Å²) in [6, 6.07) is 0.761. The number of rotatable bonds is 8. The Morgan fingerprint density at radius 1 is 1.21 bits per heavy atom. The predicted octanol–water partition coefficient (Wildman–Crippen LogP) is 0.0190. The zero-order valence-corrected chi connectivity index (χ0v) is 12.3. The predicted molar refractivity (Wildman–Crippen MR) is 76.6 cm³/mol. The Balaban J connectivity index is 1.52. The van der Waals surface area contributed by atoms with Crippen LogP contribution in [0.5, 0.6) is 0 Å². The molecule has 0 aromatic carbocycles.